The minimum Gasteiger partial charge on any atom is -0.496 e. The van der Waals surface area contributed by atoms with E-state index in [1.54, 1.807) is 12.1 Å². The molecule has 0 amide bonds. The summed E-state index contributed by atoms with van der Waals surface area (Å²) >= 11 is 0. The molecule has 2 N–H and O–H groups in total. The Bertz CT molecular complexity index is 464. The van der Waals surface area contributed by atoms with Crippen LogP contribution in [-0.2, 0) is 0 Å². The van der Waals surface area contributed by atoms with Crippen LogP contribution in [0.2, 0.25) is 0 Å². The van der Waals surface area contributed by atoms with E-state index in [-0.39, 0.29) is 23.5 Å². The molecule has 1 aromatic rings. The molecule has 2 unspecified atom stereocenters. The van der Waals surface area contributed by atoms with E-state index < -0.39 is 4.92 Å². The Morgan fingerprint density at radius 3 is 2.89 bits per heavy atom. The van der Waals surface area contributed by atoms with Gasteiger partial charge in [-0.3, -0.25) is 10.1 Å². The van der Waals surface area contributed by atoms with Crippen molar-refractivity contribution < 1.29 is 14.4 Å². The van der Waals surface area contributed by atoms with Crippen molar-refractivity contribution >= 4 is 5.69 Å². The number of ether oxygens (including phenoxy) is 2. The smallest absolute Gasteiger partial charge is 0.314 e. The van der Waals surface area contributed by atoms with Gasteiger partial charge in [0.05, 0.1) is 18.1 Å². The first-order valence-corrected chi connectivity index (χ1v) is 6.35. The van der Waals surface area contributed by atoms with Crippen molar-refractivity contribution in [3.8, 4) is 11.5 Å². The van der Waals surface area contributed by atoms with E-state index in [0.29, 0.717) is 12.3 Å². The molecule has 1 aromatic carbocycles. The highest BCUT2D eigenvalue weighted by atomic mass is 16.6. The zero-order valence-corrected chi connectivity index (χ0v) is 10.9. The summed E-state index contributed by atoms with van der Waals surface area (Å²) in [5.41, 5.74) is 5.62. The first-order valence-electron chi connectivity index (χ1n) is 6.35. The Morgan fingerprint density at radius 1 is 1.47 bits per heavy atom. The fourth-order valence-corrected chi connectivity index (χ4v) is 2.46. The molecule has 0 radical (unpaired) electrons. The van der Waals surface area contributed by atoms with Gasteiger partial charge in [-0.15, -0.1) is 0 Å². The maximum absolute atomic E-state index is 11.1. The second-order valence-electron chi connectivity index (χ2n) is 4.67. The number of benzene rings is 1. The van der Waals surface area contributed by atoms with E-state index >= 15 is 0 Å². The van der Waals surface area contributed by atoms with E-state index in [1.807, 2.05) is 0 Å². The maximum Gasteiger partial charge on any atom is 0.314 e. The molecule has 1 aliphatic rings. The zero-order chi connectivity index (χ0) is 13.8. The van der Waals surface area contributed by atoms with E-state index in [4.69, 9.17) is 15.2 Å². The lowest BCUT2D eigenvalue weighted by molar-refractivity contribution is -0.386. The standard InChI is InChI=1S/C13H18N2O4/c1-18-10-5-6-13(11(7-10)15(16)17)19-12-4-2-3-9(12)8-14/h5-7,9,12H,2-4,8,14H2,1H3. The Hall–Kier alpha value is -1.82. The van der Waals surface area contributed by atoms with E-state index in [2.05, 4.69) is 0 Å². The Morgan fingerprint density at radius 2 is 2.26 bits per heavy atom. The molecule has 104 valence electrons. The van der Waals surface area contributed by atoms with Crippen LogP contribution in [0.5, 0.6) is 11.5 Å². The predicted molar refractivity (Wildman–Crippen MR) is 70.5 cm³/mol. The normalized spacial score (nSPS) is 22.2. The summed E-state index contributed by atoms with van der Waals surface area (Å²) in [6, 6.07) is 4.62. The zero-order valence-electron chi connectivity index (χ0n) is 10.9. The molecular weight excluding hydrogens is 248 g/mol. The SMILES string of the molecule is COc1ccc(OC2CCCC2CN)c([N+](=O)[O-])c1. The summed E-state index contributed by atoms with van der Waals surface area (Å²) in [6.45, 7) is 0.550. The molecule has 0 aromatic heterocycles. The molecule has 19 heavy (non-hydrogen) atoms. The van der Waals surface area contributed by atoms with Crippen molar-refractivity contribution in [1.29, 1.82) is 0 Å². The third-order valence-electron chi connectivity index (χ3n) is 3.53. The molecule has 2 rings (SSSR count). The van der Waals surface area contributed by atoms with Gasteiger partial charge in [0.25, 0.3) is 0 Å². The lowest BCUT2D eigenvalue weighted by Crippen LogP contribution is -2.27. The van der Waals surface area contributed by atoms with Gasteiger partial charge in [0.1, 0.15) is 11.9 Å². The second-order valence-corrected chi connectivity index (χ2v) is 4.67. The highest BCUT2D eigenvalue weighted by Crippen LogP contribution is 2.35. The number of nitrogens with zero attached hydrogens (tertiary/aromatic N) is 1. The summed E-state index contributed by atoms with van der Waals surface area (Å²) in [7, 11) is 1.47. The predicted octanol–water partition coefficient (Wildman–Crippen LogP) is 2.11. The van der Waals surface area contributed by atoms with Gasteiger partial charge in [0.2, 0.25) is 0 Å². The summed E-state index contributed by atoms with van der Waals surface area (Å²) in [4.78, 5) is 10.6. The molecule has 2 atom stereocenters. The lowest BCUT2D eigenvalue weighted by Gasteiger charge is -2.19. The number of methoxy groups -OCH3 is 1. The molecule has 6 nitrogen and oxygen atoms in total. The number of nitro benzene ring substituents is 1. The number of hydrogen-bond acceptors (Lipinski definition) is 5. The van der Waals surface area contributed by atoms with Gasteiger partial charge in [-0.25, -0.2) is 0 Å². The first-order chi connectivity index (χ1) is 9.15. The Balaban J connectivity index is 2.21. The monoisotopic (exact) mass is 266 g/mol. The van der Waals surface area contributed by atoms with E-state index in [1.165, 1.54) is 13.2 Å². The van der Waals surface area contributed by atoms with Crippen LogP contribution in [0.4, 0.5) is 5.69 Å². The third kappa shape index (κ3) is 2.96. The van der Waals surface area contributed by atoms with Crippen molar-refractivity contribution in [3.05, 3.63) is 28.3 Å². The highest BCUT2D eigenvalue weighted by Gasteiger charge is 2.30. The molecule has 1 aliphatic carbocycles. The van der Waals surface area contributed by atoms with Crippen molar-refractivity contribution in [2.75, 3.05) is 13.7 Å². The van der Waals surface area contributed by atoms with Crippen LogP contribution in [0.15, 0.2) is 18.2 Å². The summed E-state index contributed by atoms with van der Waals surface area (Å²) in [5.74, 6) is 1.01. The van der Waals surface area contributed by atoms with Crippen LogP contribution in [0, 0.1) is 16.0 Å². The van der Waals surface area contributed by atoms with Crippen LogP contribution >= 0.6 is 0 Å². The minimum atomic E-state index is -0.454. The minimum absolute atomic E-state index is 0.0305. The first kappa shape index (κ1) is 13.6. The lowest BCUT2D eigenvalue weighted by atomic mass is 10.1. The quantitative estimate of drug-likeness (QED) is 0.651. The fourth-order valence-electron chi connectivity index (χ4n) is 2.46. The van der Waals surface area contributed by atoms with Crippen LogP contribution in [0.1, 0.15) is 19.3 Å². The maximum atomic E-state index is 11.1. The van der Waals surface area contributed by atoms with Crippen molar-refractivity contribution in [1.82, 2.24) is 0 Å². The van der Waals surface area contributed by atoms with E-state index in [9.17, 15) is 10.1 Å². The molecule has 0 bridgehead atoms. The van der Waals surface area contributed by atoms with Gasteiger partial charge in [0, 0.05) is 5.92 Å². The molecular formula is C13H18N2O4. The van der Waals surface area contributed by atoms with Gasteiger partial charge in [-0.1, -0.05) is 0 Å². The van der Waals surface area contributed by atoms with Gasteiger partial charge in [-0.2, -0.15) is 0 Å². The van der Waals surface area contributed by atoms with E-state index in [0.717, 1.165) is 19.3 Å². The Kier molecular flexibility index (Phi) is 4.21. The number of hydrogen-bond donors (Lipinski definition) is 1. The molecule has 0 spiro atoms. The number of rotatable bonds is 5. The van der Waals surface area contributed by atoms with Crippen molar-refractivity contribution in [2.45, 2.75) is 25.4 Å². The van der Waals surface area contributed by atoms with Gasteiger partial charge < -0.3 is 15.2 Å². The summed E-state index contributed by atoms with van der Waals surface area (Å²) in [6.07, 6.45) is 2.93. The summed E-state index contributed by atoms with van der Waals surface area (Å²) in [5, 5.41) is 11.1. The fraction of sp³-hybridized carbons (Fsp3) is 0.538. The highest BCUT2D eigenvalue weighted by molar-refractivity contribution is 5.51. The van der Waals surface area contributed by atoms with Crippen LogP contribution in [0.25, 0.3) is 0 Å². The third-order valence-corrected chi connectivity index (χ3v) is 3.53. The Labute approximate surface area is 111 Å². The molecule has 1 saturated carbocycles. The molecule has 0 saturated heterocycles. The average molecular weight is 266 g/mol. The van der Waals surface area contributed by atoms with Gasteiger partial charge in [0.15, 0.2) is 5.75 Å². The molecule has 0 aliphatic heterocycles. The van der Waals surface area contributed by atoms with Gasteiger partial charge >= 0.3 is 5.69 Å². The van der Waals surface area contributed by atoms with Crippen molar-refractivity contribution in [3.63, 3.8) is 0 Å². The summed E-state index contributed by atoms with van der Waals surface area (Å²) < 4.78 is 10.8. The second kappa shape index (κ2) is 5.88. The number of nitrogens with two attached hydrogens (primary N) is 1. The van der Waals surface area contributed by atoms with Crippen LogP contribution < -0.4 is 15.2 Å². The van der Waals surface area contributed by atoms with Crippen LogP contribution in [0.3, 0.4) is 0 Å². The molecule has 6 heteroatoms. The molecule has 1 fully saturated rings. The van der Waals surface area contributed by atoms with Crippen LogP contribution in [-0.4, -0.2) is 24.7 Å². The topological polar surface area (TPSA) is 87.6 Å². The molecule has 0 heterocycles. The number of nitro groups is 1. The van der Waals surface area contributed by atoms with Gasteiger partial charge in [-0.05, 0) is 37.9 Å². The largest absolute Gasteiger partial charge is 0.496 e. The van der Waals surface area contributed by atoms with Crippen molar-refractivity contribution in [2.24, 2.45) is 11.7 Å². The average Bonchev–Trinajstić information content (AvgIpc) is 2.86.